The van der Waals surface area contributed by atoms with Crippen LogP contribution < -0.4 is 5.73 Å². The van der Waals surface area contributed by atoms with Crippen LogP contribution in [0.3, 0.4) is 0 Å². The summed E-state index contributed by atoms with van der Waals surface area (Å²) in [5.74, 6) is 0.343. The lowest BCUT2D eigenvalue weighted by atomic mass is 10.00. The predicted octanol–water partition coefficient (Wildman–Crippen LogP) is 2.35. The summed E-state index contributed by atoms with van der Waals surface area (Å²) >= 11 is 8.38. The van der Waals surface area contributed by atoms with Gasteiger partial charge in [-0.15, -0.1) is 0 Å². The smallest absolute Gasteiger partial charge is 0.186 e. The lowest BCUT2D eigenvalue weighted by Crippen LogP contribution is -2.30. The fourth-order valence-corrected chi connectivity index (χ4v) is 2.26. The van der Waals surface area contributed by atoms with Gasteiger partial charge in [0.05, 0.1) is 12.3 Å². The van der Waals surface area contributed by atoms with Gasteiger partial charge in [-0.1, -0.05) is 35.0 Å². The largest absolute Gasteiger partial charge is 0.375 e. The van der Waals surface area contributed by atoms with Gasteiger partial charge in [0.25, 0.3) is 0 Å². The van der Waals surface area contributed by atoms with Gasteiger partial charge in [-0.3, -0.25) is 0 Å². The Morgan fingerprint density at radius 3 is 2.94 bits per heavy atom. The van der Waals surface area contributed by atoms with Crippen molar-refractivity contribution in [2.75, 3.05) is 6.54 Å². The lowest BCUT2D eigenvalue weighted by molar-refractivity contribution is 0.459. The van der Waals surface area contributed by atoms with E-state index < -0.39 is 0 Å². The summed E-state index contributed by atoms with van der Waals surface area (Å²) in [5, 5.41) is 6.45. The molecule has 5 heteroatoms. The van der Waals surface area contributed by atoms with Crippen molar-refractivity contribution in [3.8, 4) is 0 Å². The van der Waals surface area contributed by atoms with Gasteiger partial charge in [0.15, 0.2) is 5.11 Å². The number of rotatable bonds is 1. The topological polar surface area (TPSA) is 41.6 Å². The minimum atomic E-state index is 0.330. The van der Waals surface area contributed by atoms with Crippen LogP contribution in [0.4, 0.5) is 0 Å². The predicted molar refractivity (Wildman–Crippen MR) is 73.3 cm³/mol. The first-order chi connectivity index (χ1) is 7.58. The van der Waals surface area contributed by atoms with Gasteiger partial charge in [0.1, 0.15) is 0 Å². The molecule has 0 radical (unpaired) electrons. The van der Waals surface area contributed by atoms with Crippen LogP contribution in [0, 0.1) is 5.92 Å². The molecule has 84 valence electrons. The molecule has 0 bridgehead atoms. The van der Waals surface area contributed by atoms with Gasteiger partial charge in [-0.2, -0.15) is 5.10 Å². The highest BCUT2D eigenvalue weighted by molar-refractivity contribution is 9.10. The standard InChI is InChI=1S/C11H12BrN3S/c1-7-6-15(11(13)16)14-10(7)8-3-2-4-9(12)5-8/h2-5,7H,6H2,1H3,(H2,13,16). The van der Waals surface area contributed by atoms with Crippen LogP contribution in [-0.4, -0.2) is 22.4 Å². The maximum absolute atomic E-state index is 5.57. The van der Waals surface area contributed by atoms with E-state index in [9.17, 15) is 0 Å². The van der Waals surface area contributed by atoms with Gasteiger partial charge < -0.3 is 5.73 Å². The first-order valence-corrected chi connectivity index (χ1v) is 6.19. The Bertz CT molecular complexity index is 458. The molecule has 1 heterocycles. The molecule has 1 aromatic rings. The molecule has 0 aliphatic carbocycles. The zero-order chi connectivity index (χ0) is 11.7. The summed E-state index contributed by atoms with van der Waals surface area (Å²) < 4.78 is 1.05. The van der Waals surface area contributed by atoms with Crippen molar-refractivity contribution < 1.29 is 0 Å². The number of nitrogens with two attached hydrogens (primary N) is 1. The first-order valence-electron chi connectivity index (χ1n) is 4.99. The van der Waals surface area contributed by atoms with Crippen LogP contribution in [0.5, 0.6) is 0 Å². The second kappa shape index (κ2) is 4.51. The Kier molecular flexibility index (Phi) is 3.25. The summed E-state index contributed by atoms with van der Waals surface area (Å²) in [5.41, 5.74) is 7.72. The normalized spacial score (nSPS) is 19.8. The zero-order valence-corrected chi connectivity index (χ0v) is 11.3. The van der Waals surface area contributed by atoms with Crippen LogP contribution in [0.1, 0.15) is 12.5 Å². The van der Waals surface area contributed by atoms with Crippen LogP contribution in [-0.2, 0) is 0 Å². The Morgan fingerprint density at radius 2 is 2.38 bits per heavy atom. The third kappa shape index (κ3) is 2.25. The maximum Gasteiger partial charge on any atom is 0.186 e. The van der Waals surface area contributed by atoms with Crippen molar-refractivity contribution in [3.05, 3.63) is 34.3 Å². The molecule has 1 aliphatic rings. The molecule has 0 amide bonds. The number of hydrogen-bond acceptors (Lipinski definition) is 2. The third-order valence-electron chi connectivity index (χ3n) is 2.52. The summed E-state index contributed by atoms with van der Waals surface area (Å²) in [4.78, 5) is 0. The minimum absolute atomic E-state index is 0.330. The fourth-order valence-electron chi connectivity index (χ4n) is 1.74. The Balaban J connectivity index is 2.34. The number of thiocarbonyl (C=S) groups is 1. The van der Waals surface area contributed by atoms with E-state index in [0.29, 0.717) is 11.0 Å². The van der Waals surface area contributed by atoms with Crippen molar-refractivity contribution in [2.45, 2.75) is 6.92 Å². The molecular formula is C11H12BrN3S. The lowest BCUT2D eigenvalue weighted by Gasteiger charge is -2.10. The van der Waals surface area contributed by atoms with Crippen molar-refractivity contribution in [3.63, 3.8) is 0 Å². The van der Waals surface area contributed by atoms with Gasteiger partial charge >= 0.3 is 0 Å². The van der Waals surface area contributed by atoms with Crippen LogP contribution in [0.2, 0.25) is 0 Å². The molecule has 1 unspecified atom stereocenters. The molecular weight excluding hydrogens is 286 g/mol. The SMILES string of the molecule is CC1CN(C(N)=S)N=C1c1cccc(Br)c1. The quantitative estimate of drug-likeness (QED) is 0.809. The molecule has 0 saturated carbocycles. The van der Waals surface area contributed by atoms with Crippen molar-refractivity contribution in [1.82, 2.24) is 5.01 Å². The van der Waals surface area contributed by atoms with E-state index in [1.54, 1.807) is 5.01 Å². The molecule has 0 fully saturated rings. The summed E-state index contributed by atoms with van der Waals surface area (Å²) in [6, 6.07) is 8.09. The van der Waals surface area contributed by atoms with Gasteiger partial charge in [-0.25, -0.2) is 5.01 Å². The van der Waals surface area contributed by atoms with E-state index in [1.165, 1.54) is 0 Å². The molecule has 16 heavy (non-hydrogen) atoms. The van der Waals surface area contributed by atoms with Gasteiger partial charge in [-0.05, 0) is 29.9 Å². The average molecular weight is 298 g/mol. The molecule has 1 aromatic carbocycles. The zero-order valence-electron chi connectivity index (χ0n) is 8.85. The number of hydrogen-bond donors (Lipinski definition) is 1. The van der Waals surface area contributed by atoms with Crippen molar-refractivity contribution >= 4 is 39.0 Å². The van der Waals surface area contributed by atoms with E-state index in [2.05, 4.69) is 34.0 Å². The average Bonchev–Trinajstić information content (AvgIpc) is 2.60. The van der Waals surface area contributed by atoms with Gasteiger partial charge in [0, 0.05) is 10.4 Å². The summed E-state index contributed by atoms with van der Waals surface area (Å²) in [7, 11) is 0. The summed E-state index contributed by atoms with van der Waals surface area (Å²) in [6.45, 7) is 2.88. The third-order valence-corrected chi connectivity index (χ3v) is 3.22. The molecule has 2 rings (SSSR count). The summed E-state index contributed by atoms with van der Waals surface area (Å²) in [6.07, 6.45) is 0. The molecule has 0 aromatic heterocycles. The fraction of sp³-hybridized carbons (Fsp3) is 0.273. The highest BCUT2D eigenvalue weighted by Crippen LogP contribution is 2.21. The van der Waals surface area contributed by atoms with Crippen molar-refractivity contribution in [2.24, 2.45) is 16.8 Å². The second-order valence-corrected chi connectivity index (χ2v) is 5.15. The number of benzene rings is 1. The molecule has 0 saturated heterocycles. The monoisotopic (exact) mass is 297 g/mol. The first kappa shape index (κ1) is 11.5. The highest BCUT2D eigenvalue weighted by Gasteiger charge is 2.25. The van der Waals surface area contributed by atoms with Crippen LogP contribution >= 0.6 is 28.1 Å². The number of hydrazone groups is 1. The Morgan fingerprint density at radius 1 is 1.62 bits per heavy atom. The maximum atomic E-state index is 5.57. The number of halogens is 1. The van der Waals surface area contributed by atoms with E-state index >= 15 is 0 Å². The van der Waals surface area contributed by atoms with E-state index in [4.69, 9.17) is 18.0 Å². The molecule has 2 N–H and O–H groups in total. The number of nitrogens with zero attached hydrogens (tertiary/aromatic N) is 2. The van der Waals surface area contributed by atoms with E-state index in [-0.39, 0.29) is 0 Å². The van der Waals surface area contributed by atoms with Crippen LogP contribution in [0.15, 0.2) is 33.8 Å². The second-order valence-electron chi connectivity index (χ2n) is 3.82. The Labute approximate surface area is 108 Å². The highest BCUT2D eigenvalue weighted by atomic mass is 79.9. The minimum Gasteiger partial charge on any atom is -0.375 e. The van der Waals surface area contributed by atoms with Crippen molar-refractivity contribution in [1.29, 1.82) is 0 Å². The van der Waals surface area contributed by atoms with E-state index in [1.807, 2.05) is 18.2 Å². The molecule has 0 spiro atoms. The molecule has 1 aliphatic heterocycles. The van der Waals surface area contributed by atoms with Crippen LogP contribution in [0.25, 0.3) is 0 Å². The van der Waals surface area contributed by atoms with E-state index in [0.717, 1.165) is 22.3 Å². The molecule has 3 nitrogen and oxygen atoms in total. The Hall–Kier alpha value is -0.940. The van der Waals surface area contributed by atoms with Gasteiger partial charge in [0.2, 0.25) is 0 Å². The molecule has 1 atom stereocenters.